The highest BCUT2D eigenvalue weighted by atomic mass is 32.1. The number of carbonyl (C=O) groups excluding carboxylic acids is 3. The number of rotatable bonds is 6. The molecule has 6 rings (SSSR count). The Kier molecular flexibility index (Phi) is 16.1. The van der Waals surface area contributed by atoms with E-state index in [1.807, 2.05) is 55.4 Å². The zero-order chi connectivity index (χ0) is 46.6. The fourth-order valence-electron chi connectivity index (χ4n) is 7.56. The summed E-state index contributed by atoms with van der Waals surface area (Å²) in [4.78, 5) is 48.8. The van der Waals surface area contributed by atoms with Crippen molar-refractivity contribution in [2.45, 2.75) is 124 Å². The minimum absolute atomic E-state index is 0. The van der Waals surface area contributed by atoms with Crippen molar-refractivity contribution in [3.8, 4) is 0 Å². The van der Waals surface area contributed by atoms with Crippen molar-refractivity contribution in [2.24, 2.45) is 11.5 Å². The molecule has 4 heterocycles. The number of hydrogen-bond acceptors (Lipinski definition) is 9. The summed E-state index contributed by atoms with van der Waals surface area (Å²) >= 11 is 2.54. The highest BCUT2D eigenvalue weighted by Gasteiger charge is 2.44. The third-order valence-corrected chi connectivity index (χ3v) is 12.3. The first kappa shape index (κ1) is 54.2. The van der Waals surface area contributed by atoms with Crippen LogP contribution >= 0.6 is 22.7 Å². The van der Waals surface area contributed by atoms with Gasteiger partial charge < -0.3 is 31.8 Å². The predicted molar refractivity (Wildman–Crippen MR) is 225 cm³/mol. The van der Waals surface area contributed by atoms with E-state index in [-0.39, 0.29) is 37.0 Å². The van der Waals surface area contributed by atoms with Crippen LogP contribution in [0.25, 0.3) is 0 Å². The van der Waals surface area contributed by atoms with Gasteiger partial charge in [-0.05, 0) is 103 Å². The highest BCUT2D eigenvalue weighted by molar-refractivity contribution is 7.16. The summed E-state index contributed by atoms with van der Waals surface area (Å²) in [5, 5.41) is 8.89. The largest absolute Gasteiger partial charge is 0.478 e. The molecule has 0 saturated heterocycles. The van der Waals surface area contributed by atoms with Gasteiger partial charge in [0, 0.05) is 39.5 Å². The number of amides is 2. The van der Waals surface area contributed by atoms with Gasteiger partial charge in [-0.25, -0.2) is 13.6 Å². The fraction of sp³-hybridized carbons (Fsp3) is 0.442. The molecule has 0 atom stereocenters. The van der Waals surface area contributed by atoms with Crippen LogP contribution in [0.3, 0.4) is 0 Å². The van der Waals surface area contributed by atoms with Crippen LogP contribution < -0.4 is 17.2 Å². The lowest BCUT2D eigenvalue weighted by molar-refractivity contribution is -0.138. The number of thiophene rings is 2. The van der Waals surface area contributed by atoms with E-state index in [2.05, 4.69) is 0 Å². The predicted octanol–water partition coefficient (Wildman–Crippen LogP) is 10.8. The lowest BCUT2D eigenvalue weighted by Gasteiger charge is -2.41. The maximum Gasteiger partial charge on any atom is 0.417 e. The molecule has 63 heavy (non-hydrogen) atoms. The molecule has 0 saturated carbocycles. The molecule has 0 unspecified atom stereocenters. The van der Waals surface area contributed by atoms with Crippen molar-refractivity contribution >= 4 is 51.2 Å². The van der Waals surface area contributed by atoms with Gasteiger partial charge in [-0.2, -0.15) is 26.3 Å². The second-order valence-electron chi connectivity index (χ2n) is 16.5. The molecule has 10 nitrogen and oxygen atoms in total. The monoisotopic (exact) mass is 937 g/mol. The number of carboxylic acids is 1. The molecule has 2 aliphatic heterocycles. The van der Waals surface area contributed by atoms with Crippen molar-refractivity contribution < 1.29 is 68.9 Å². The topological polar surface area (TPSA) is 185 Å². The van der Waals surface area contributed by atoms with Gasteiger partial charge in [0.15, 0.2) is 5.78 Å². The molecule has 0 fully saturated rings. The number of halogens is 8. The first-order valence-corrected chi connectivity index (χ1v) is 19.8. The van der Waals surface area contributed by atoms with Crippen LogP contribution in [0.2, 0.25) is 0 Å². The van der Waals surface area contributed by atoms with E-state index < -0.39 is 93.0 Å². The maximum absolute atomic E-state index is 13.4. The summed E-state index contributed by atoms with van der Waals surface area (Å²) in [6.45, 7) is 15.4. The van der Waals surface area contributed by atoms with E-state index in [4.69, 9.17) is 31.8 Å². The molecule has 348 valence electrons. The van der Waals surface area contributed by atoms with Gasteiger partial charge in [-0.1, -0.05) is 14.9 Å². The Hall–Kier alpha value is -4.92. The number of aromatic carboxylic acids is 1. The molecule has 2 aromatic carbocycles. The normalized spacial score (nSPS) is 16.5. The smallest absolute Gasteiger partial charge is 0.417 e. The van der Waals surface area contributed by atoms with E-state index in [9.17, 15) is 54.3 Å². The Bertz CT molecular complexity index is 2400. The van der Waals surface area contributed by atoms with Gasteiger partial charge in [-0.3, -0.25) is 14.4 Å². The second kappa shape index (κ2) is 18.7. The Morgan fingerprint density at radius 3 is 1.44 bits per heavy atom. The number of nitrogen functional groups attached to an aromatic ring is 1. The number of ketones is 1. The van der Waals surface area contributed by atoms with Gasteiger partial charge in [0.05, 0.1) is 55.2 Å². The summed E-state index contributed by atoms with van der Waals surface area (Å²) in [5.74, 6) is -6.03. The van der Waals surface area contributed by atoms with Crippen LogP contribution in [-0.4, -0.2) is 39.9 Å². The molecule has 2 aromatic heterocycles. The van der Waals surface area contributed by atoms with Crippen LogP contribution in [0.4, 0.5) is 40.1 Å². The number of primary amides is 2. The quantitative estimate of drug-likeness (QED) is 0.109. The third-order valence-electron chi connectivity index (χ3n) is 9.39. The van der Waals surface area contributed by atoms with E-state index >= 15 is 0 Å². The first-order chi connectivity index (χ1) is 27.6. The van der Waals surface area contributed by atoms with Crippen molar-refractivity contribution in [1.29, 1.82) is 0 Å². The van der Waals surface area contributed by atoms with Crippen LogP contribution in [0.1, 0.15) is 149 Å². The molecule has 0 bridgehead atoms. The van der Waals surface area contributed by atoms with Crippen LogP contribution in [0.15, 0.2) is 36.4 Å². The molecular weight excluding hydrogens is 887 g/mol. The highest BCUT2D eigenvalue weighted by Crippen LogP contribution is 2.48. The van der Waals surface area contributed by atoms with Crippen LogP contribution in [0, 0.1) is 11.6 Å². The first-order valence-electron chi connectivity index (χ1n) is 18.1. The number of carbonyl (C=O) groups is 4. The zero-order valence-electron chi connectivity index (χ0n) is 34.1. The van der Waals surface area contributed by atoms with Crippen molar-refractivity contribution in [3.05, 3.63) is 107 Å². The molecule has 2 aliphatic rings. The molecule has 7 N–H and O–H groups in total. The third kappa shape index (κ3) is 12.2. The molecular formula is C43H51F8N3O7S2. The van der Waals surface area contributed by atoms with Crippen molar-refractivity contribution in [3.63, 3.8) is 0 Å². The van der Waals surface area contributed by atoms with Gasteiger partial charge in [-0.15, -0.1) is 22.7 Å². The minimum atomic E-state index is -4.89. The number of alkyl halides is 6. The Morgan fingerprint density at radius 1 is 0.667 bits per heavy atom. The van der Waals surface area contributed by atoms with Crippen LogP contribution in [0.5, 0.6) is 0 Å². The van der Waals surface area contributed by atoms with Crippen LogP contribution in [-0.2, 0) is 52.3 Å². The van der Waals surface area contributed by atoms with Gasteiger partial charge in [0.25, 0.3) is 5.91 Å². The standard InChI is InChI=1S/C21H21F4NO3S.C12H18N2O2S.C8H4F4O2.2CH4/c1-19(2)9-12-16(18(26)28)15(30-17(12)20(3,4)29-19)8-14(27)11-6-5-10(22)7-13(11)21(23,24)25;1-11(2)5-6-7(9(13)15)10(14)17-8(6)12(3,4)16-11;9-4-1-2-5(7(13)14)6(3-4)8(10,11)12;;/h5-7H,8-9H2,1-4H3,(H2,26,28);5,14H2,1-4H3,(H2,13,15);1-3H,(H,13,14);2*1H4. The van der Waals surface area contributed by atoms with Gasteiger partial charge in [0.2, 0.25) is 5.91 Å². The van der Waals surface area contributed by atoms with Crippen molar-refractivity contribution in [1.82, 2.24) is 0 Å². The minimum Gasteiger partial charge on any atom is -0.478 e. The van der Waals surface area contributed by atoms with E-state index in [1.54, 1.807) is 0 Å². The number of Topliss-reactive ketones (excluding diaryl/α,β-unsaturated/α-hetero) is 1. The molecule has 4 aromatic rings. The van der Waals surface area contributed by atoms with Crippen molar-refractivity contribution in [2.75, 3.05) is 5.73 Å². The lowest BCUT2D eigenvalue weighted by atomic mass is 9.85. The molecule has 0 aliphatic carbocycles. The van der Waals surface area contributed by atoms with E-state index in [1.165, 1.54) is 11.3 Å². The molecule has 0 spiro atoms. The SMILES string of the molecule is C.C.CC1(C)Cc2c(sc(CC(=O)c3ccc(F)cc3C(F)(F)F)c2C(N)=O)C(C)(C)O1.CC1(C)Cc2c(sc(N)c2C(N)=O)C(C)(C)O1.O=C(O)c1ccc(F)cc1C(F)(F)F. The molecule has 20 heteroatoms. The average molecular weight is 938 g/mol. The number of fused-ring (bicyclic) bond motifs is 2. The van der Waals surface area contributed by atoms with E-state index in [0.29, 0.717) is 52.0 Å². The fourth-order valence-corrected chi connectivity index (χ4v) is 10.1. The number of ether oxygens (including phenoxy) is 2. The summed E-state index contributed by atoms with van der Waals surface area (Å²) < 4.78 is 114. The van der Waals surface area contributed by atoms with E-state index in [0.717, 1.165) is 33.9 Å². The average Bonchev–Trinajstić information content (AvgIpc) is 3.60. The van der Waals surface area contributed by atoms with Gasteiger partial charge >= 0.3 is 18.3 Å². The second-order valence-corrected chi connectivity index (χ2v) is 18.6. The molecule has 2 amide bonds. The Balaban J connectivity index is 0.000000351. The summed E-state index contributed by atoms with van der Waals surface area (Å²) in [5.41, 5.74) is 12.6. The summed E-state index contributed by atoms with van der Waals surface area (Å²) in [6, 6.07) is 3.31. The summed E-state index contributed by atoms with van der Waals surface area (Å²) in [6.07, 6.45) is -9.18. The lowest BCUT2D eigenvalue weighted by Crippen LogP contribution is -2.42. The number of hydrogen-bond donors (Lipinski definition) is 4. The number of nitrogens with two attached hydrogens (primary N) is 3. The number of carboxylic acid groups (broad SMARTS) is 1. The Labute approximate surface area is 367 Å². The summed E-state index contributed by atoms with van der Waals surface area (Å²) in [7, 11) is 0. The number of anilines is 1. The van der Waals surface area contributed by atoms with Gasteiger partial charge in [0.1, 0.15) is 11.6 Å². The number of benzene rings is 2. The molecule has 0 radical (unpaired) electrons. The Morgan fingerprint density at radius 2 is 1.05 bits per heavy atom. The zero-order valence-corrected chi connectivity index (χ0v) is 35.7. The maximum atomic E-state index is 13.4.